The van der Waals surface area contributed by atoms with E-state index < -0.39 is 29.5 Å². The zero-order valence-electron chi connectivity index (χ0n) is 17.1. The molecule has 1 saturated carbocycles. The average Bonchev–Trinajstić information content (AvgIpc) is 3.24. The third-order valence-electron chi connectivity index (χ3n) is 5.11. The fraction of sp³-hybridized carbons (Fsp3) is 0.368. The number of nitrogens with two attached hydrogens (primary N) is 2. The van der Waals surface area contributed by atoms with Gasteiger partial charge in [-0.1, -0.05) is 25.7 Å². The first-order valence-corrected chi connectivity index (χ1v) is 9.96. The number of nitrogens with zero attached hydrogens (tertiary/aromatic N) is 2. The van der Waals surface area contributed by atoms with Crippen molar-refractivity contribution in [1.82, 2.24) is 20.3 Å². The molecule has 1 aliphatic carbocycles. The number of carboxylic acids is 1. The van der Waals surface area contributed by atoms with Gasteiger partial charge in [0.2, 0.25) is 5.95 Å². The Bertz CT molecular complexity index is 1060. The lowest BCUT2D eigenvalue weighted by Crippen LogP contribution is -2.42. The van der Waals surface area contributed by atoms with E-state index in [4.69, 9.17) is 11.5 Å². The van der Waals surface area contributed by atoms with Gasteiger partial charge in [-0.2, -0.15) is 4.98 Å². The Morgan fingerprint density at radius 2 is 1.91 bits per heavy atom. The summed E-state index contributed by atoms with van der Waals surface area (Å²) in [6, 6.07) is 0.956. The lowest BCUT2D eigenvalue weighted by Gasteiger charge is -2.18. The van der Waals surface area contributed by atoms with Gasteiger partial charge < -0.3 is 27.2 Å². The number of carbonyl (C=O) groups excluding carboxylic acids is 2. The lowest BCUT2D eigenvalue weighted by atomic mass is 9.98. The van der Waals surface area contributed by atoms with Gasteiger partial charge in [0.05, 0.1) is 11.9 Å². The summed E-state index contributed by atoms with van der Waals surface area (Å²) in [5.74, 6) is -1.88. The number of aliphatic carboxylic acids is 1. The molecule has 3 amide bonds. The van der Waals surface area contributed by atoms with Crippen LogP contribution in [0.5, 0.6) is 0 Å². The minimum absolute atomic E-state index is 0.00273. The van der Waals surface area contributed by atoms with Gasteiger partial charge in [-0.3, -0.25) is 19.9 Å². The number of pyridine rings is 1. The molecule has 3 rings (SSSR count). The Morgan fingerprint density at radius 1 is 1.19 bits per heavy atom. The molecule has 32 heavy (non-hydrogen) atoms. The highest BCUT2D eigenvalue weighted by atomic mass is 16.4. The summed E-state index contributed by atoms with van der Waals surface area (Å²) in [5, 5.41) is 16.6. The number of anilines is 4. The Labute approximate surface area is 182 Å². The average molecular weight is 444 g/mol. The van der Waals surface area contributed by atoms with Crippen LogP contribution in [0.2, 0.25) is 0 Å². The largest absolute Gasteiger partial charge is 0.480 e. The molecule has 0 bridgehead atoms. The van der Waals surface area contributed by atoms with Crippen LogP contribution in [0.15, 0.2) is 23.1 Å². The van der Waals surface area contributed by atoms with Crippen LogP contribution in [0, 0.1) is 5.92 Å². The smallest absolute Gasteiger partial charge is 0.326 e. The van der Waals surface area contributed by atoms with Crippen LogP contribution in [-0.2, 0) is 4.79 Å². The summed E-state index contributed by atoms with van der Waals surface area (Å²) in [5.41, 5.74) is 10.2. The van der Waals surface area contributed by atoms with Crippen LogP contribution in [0.4, 0.5) is 27.9 Å². The Kier molecular flexibility index (Phi) is 6.87. The Balaban J connectivity index is 1.59. The van der Waals surface area contributed by atoms with Crippen LogP contribution in [-0.4, -0.2) is 44.0 Å². The summed E-state index contributed by atoms with van der Waals surface area (Å²) in [7, 11) is 0. The fourth-order valence-electron chi connectivity index (χ4n) is 3.54. The first-order valence-electron chi connectivity index (χ1n) is 9.96. The number of urea groups is 1. The summed E-state index contributed by atoms with van der Waals surface area (Å²) < 4.78 is 0. The van der Waals surface area contributed by atoms with Crippen LogP contribution in [0.1, 0.15) is 42.6 Å². The number of H-pyrrole nitrogens is 1. The van der Waals surface area contributed by atoms with Crippen molar-refractivity contribution in [2.45, 2.75) is 38.1 Å². The third kappa shape index (κ3) is 5.71. The van der Waals surface area contributed by atoms with E-state index in [1.54, 1.807) is 0 Å². The van der Waals surface area contributed by atoms with Crippen molar-refractivity contribution in [1.29, 1.82) is 0 Å². The highest BCUT2D eigenvalue weighted by molar-refractivity contribution is 6.01. The lowest BCUT2D eigenvalue weighted by molar-refractivity contribution is -0.139. The molecule has 2 aromatic heterocycles. The number of carbonyl (C=O) groups is 3. The van der Waals surface area contributed by atoms with E-state index in [0.717, 1.165) is 25.7 Å². The fourth-order valence-corrected chi connectivity index (χ4v) is 3.54. The van der Waals surface area contributed by atoms with E-state index >= 15 is 0 Å². The van der Waals surface area contributed by atoms with Crippen LogP contribution < -0.4 is 33.0 Å². The predicted molar refractivity (Wildman–Crippen MR) is 116 cm³/mol. The van der Waals surface area contributed by atoms with Gasteiger partial charge in [0, 0.05) is 0 Å². The number of nitrogen functional groups attached to an aromatic ring is 2. The van der Waals surface area contributed by atoms with Crippen LogP contribution >= 0.6 is 0 Å². The number of hydrogen-bond donors (Lipinski definition) is 7. The highest BCUT2D eigenvalue weighted by Crippen LogP contribution is 2.28. The number of carboxylic acid groups (broad SMARTS) is 1. The van der Waals surface area contributed by atoms with E-state index in [9.17, 15) is 24.3 Å². The number of aromatic amines is 1. The van der Waals surface area contributed by atoms with Crippen LogP contribution in [0.3, 0.4) is 0 Å². The zero-order valence-corrected chi connectivity index (χ0v) is 17.1. The number of amides is 3. The van der Waals surface area contributed by atoms with Crippen molar-refractivity contribution in [3.63, 3.8) is 0 Å². The molecule has 1 aliphatic rings. The Hall–Kier alpha value is -4.16. The maximum atomic E-state index is 12.4. The maximum absolute atomic E-state index is 12.4. The number of nitrogens with one attached hydrogen (secondary N) is 4. The molecule has 2 aromatic rings. The van der Waals surface area contributed by atoms with Crippen molar-refractivity contribution >= 4 is 41.0 Å². The topological polar surface area (TPSA) is 218 Å². The van der Waals surface area contributed by atoms with Crippen molar-refractivity contribution in [3.05, 3.63) is 34.4 Å². The molecule has 0 aliphatic heterocycles. The van der Waals surface area contributed by atoms with Gasteiger partial charge in [0.25, 0.3) is 11.5 Å². The Morgan fingerprint density at radius 3 is 2.50 bits per heavy atom. The van der Waals surface area contributed by atoms with Crippen molar-refractivity contribution in [3.8, 4) is 0 Å². The normalized spacial score (nSPS) is 14.5. The SMILES string of the molecule is Nc1nc(N)c(NC(=O)Nc2ccc(C(=O)N[C@@H](CC3CCCC3)C(=O)O)nc2)c(=O)[nH]1. The molecular formula is C19H24N8O5. The maximum Gasteiger partial charge on any atom is 0.326 e. The molecule has 9 N–H and O–H groups in total. The second-order valence-electron chi connectivity index (χ2n) is 7.47. The molecule has 0 saturated heterocycles. The molecule has 1 atom stereocenters. The van der Waals surface area contributed by atoms with Gasteiger partial charge >= 0.3 is 12.0 Å². The van der Waals surface area contributed by atoms with Crippen LogP contribution in [0.25, 0.3) is 0 Å². The van der Waals surface area contributed by atoms with Gasteiger partial charge in [0.15, 0.2) is 11.5 Å². The molecule has 0 radical (unpaired) electrons. The molecule has 13 heteroatoms. The molecule has 2 heterocycles. The summed E-state index contributed by atoms with van der Waals surface area (Å²) in [4.78, 5) is 57.7. The predicted octanol–water partition coefficient (Wildman–Crippen LogP) is 0.737. The molecule has 0 spiro atoms. The second-order valence-corrected chi connectivity index (χ2v) is 7.47. The van der Waals surface area contributed by atoms with Crippen molar-refractivity contribution in [2.24, 2.45) is 5.92 Å². The molecular weight excluding hydrogens is 420 g/mol. The molecule has 0 aromatic carbocycles. The van der Waals surface area contributed by atoms with Gasteiger partial charge in [-0.05, 0) is 24.5 Å². The van der Waals surface area contributed by atoms with E-state index in [1.165, 1.54) is 18.3 Å². The third-order valence-corrected chi connectivity index (χ3v) is 5.11. The van der Waals surface area contributed by atoms with Gasteiger partial charge in [0.1, 0.15) is 11.7 Å². The van der Waals surface area contributed by atoms with Crippen molar-refractivity contribution < 1.29 is 19.5 Å². The first kappa shape index (κ1) is 22.5. The minimum Gasteiger partial charge on any atom is -0.480 e. The van der Waals surface area contributed by atoms with Gasteiger partial charge in [-0.25, -0.2) is 14.6 Å². The molecule has 0 unspecified atom stereocenters. The molecule has 13 nitrogen and oxygen atoms in total. The summed E-state index contributed by atoms with van der Waals surface area (Å²) in [6.07, 6.45) is 5.67. The van der Waals surface area contributed by atoms with E-state index in [2.05, 4.69) is 30.9 Å². The van der Waals surface area contributed by atoms with E-state index in [1.807, 2.05) is 0 Å². The summed E-state index contributed by atoms with van der Waals surface area (Å²) >= 11 is 0. The quantitative estimate of drug-likeness (QED) is 0.319. The molecule has 1 fully saturated rings. The number of aromatic nitrogens is 3. The minimum atomic E-state index is -1.09. The van der Waals surface area contributed by atoms with Gasteiger partial charge in [-0.15, -0.1) is 0 Å². The van der Waals surface area contributed by atoms with E-state index in [-0.39, 0.29) is 34.8 Å². The van der Waals surface area contributed by atoms with Crippen molar-refractivity contribution in [2.75, 3.05) is 22.1 Å². The zero-order chi connectivity index (χ0) is 23.3. The number of hydrogen-bond acceptors (Lipinski definition) is 8. The first-order chi connectivity index (χ1) is 15.2. The molecule has 170 valence electrons. The summed E-state index contributed by atoms with van der Waals surface area (Å²) in [6.45, 7) is 0. The van der Waals surface area contributed by atoms with E-state index in [0.29, 0.717) is 6.42 Å². The number of rotatable bonds is 7. The standard InChI is InChI=1S/C19H24N8O5/c20-14-13(16(29)27-18(21)26-14)25-19(32)23-10-5-6-11(22-8-10)15(28)24-12(17(30)31)7-9-3-1-2-4-9/h5-6,8-9,12H,1-4,7H2,(H,24,28)(H,30,31)(H2,23,25,32)(H5,20,21,26,27,29)/t12-/m0/s1. The second kappa shape index (κ2) is 9.76. The monoisotopic (exact) mass is 444 g/mol. The highest BCUT2D eigenvalue weighted by Gasteiger charge is 2.27.